The quantitative estimate of drug-likeness (QED) is 0.907. The average molecular weight is 289 g/mol. The largest absolute Gasteiger partial charge is 0.489 e. The van der Waals surface area contributed by atoms with Crippen LogP contribution in [0.2, 0.25) is 0 Å². The SMILES string of the molecule is CCOc1c(F)cccc1Nn1ccc2c1CCNC2=O. The zero-order valence-corrected chi connectivity index (χ0v) is 11.6. The van der Waals surface area contributed by atoms with Crippen LogP contribution in [0.4, 0.5) is 10.1 Å². The van der Waals surface area contributed by atoms with Crippen LogP contribution in [-0.4, -0.2) is 23.7 Å². The first-order valence-corrected chi connectivity index (χ1v) is 6.87. The molecule has 0 saturated heterocycles. The fourth-order valence-electron chi connectivity index (χ4n) is 2.44. The lowest BCUT2D eigenvalue weighted by Gasteiger charge is -2.19. The third-order valence-electron chi connectivity index (χ3n) is 3.38. The topological polar surface area (TPSA) is 55.3 Å². The first-order chi connectivity index (χ1) is 10.2. The summed E-state index contributed by atoms with van der Waals surface area (Å²) >= 11 is 0. The Balaban J connectivity index is 1.95. The summed E-state index contributed by atoms with van der Waals surface area (Å²) in [4.78, 5) is 11.7. The smallest absolute Gasteiger partial charge is 0.253 e. The number of nitrogens with zero attached hydrogens (tertiary/aromatic N) is 1. The second-order valence-electron chi connectivity index (χ2n) is 4.71. The van der Waals surface area contributed by atoms with Gasteiger partial charge in [-0.05, 0) is 25.1 Å². The summed E-state index contributed by atoms with van der Waals surface area (Å²) < 4.78 is 20.9. The highest BCUT2D eigenvalue weighted by Crippen LogP contribution is 2.28. The van der Waals surface area contributed by atoms with Gasteiger partial charge in [0.05, 0.1) is 23.6 Å². The van der Waals surface area contributed by atoms with Gasteiger partial charge in [-0.1, -0.05) is 6.07 Å². The number of hydrogen-bond donors (Lipinski definition) is 2. The summed E-state index contributed by atoms with van der Waals surface area (Å²) in [7, 11) is 0. The maximum Gasteiger partial charge on any atom is 0.253 e. The number of carbonyl (C=O) groups is 1. The summed E-state index contributed by atoms with van der Waals surface area (Å²) in [6.45, 7) is 2.78. The molecule has 0 saturated carbocycles. The highest BCUT2D eigenvalue weighted by molar-refractivity contribution is 5.96. The van der Waals surface area contributed by atoms with Crippen molar-refractivity contribution < 1.29 is 13.9 Å². The molecule has 0 aliphatic carbocycles. The molecule has 21 heavy (non-hydrogen) atoms. The van der Waals surface area contributed by atoms with E-state index in [0.717, 1.165) is 12.1 Å². The maximum atomic E-state index is 13.8. The van der Waals surface area contributed by atoms with Gasteiger partial charge in [-0.3, -0.25) is 14.9 Å². The molecule has 5 nitrogen and oxygen atoms in total. The first kappa shape index (κ1) is 13.5. The monoisotopic (exact) mass is 289 g/mol. The van der Waals surface area contributed by atoms with Crippen LogP contribution in [0.3, 0.4) is 0 Å². The number of para-hydroxylation sites is 1. The van der Waals surface area contributed by atoms with Crippen molar-refractivity contribution >= 4 is 11.6 Å². The van der Waals surface area contributed by atoms with Crippen molar-refractivity contribution in [2.24, 2.45) is 0 Å². The van der Waals surface area contributed by atoms with Gasteiger partial charge in [0.25, 0.3) is 5.91 Å². The van der Waals surface area contributed by atoms with Gasteiger partial charge in [-0.15, -0.1) is 0 Å². The van der Waals surface area contributed by atoms with Crippen molar-refractivity contribution in [1.29, 1.82) is 0 Å². The molecule has 3 rings (SSSR count). The first-order valence-electron chi connectivity index (χ1n) is 6.87. The Morgan fingerprint density at radius 2 is 2.29 bits per heavy atom. The third-order valence-corrected chi connectivity index (χ3v) is 3.38. The van der Waals surface area contributed by atoms with Crippen molar-refractivity contribution in [1.82, 2.24) is 9.99 Å². The number of aromatic nitrogens is 1. The second kappa shape index (κ2) is 5.47. The van der Waals surface area contributed by atoms with E-state index in [9.17, 15) is 9.18 Å². The molecule has 110 valence electrons. The van der Waals surface area contributed by atoms with E-state index in [1.807, 2.05) is 0 Å². The summed E-state index contributed by atoms with van der Waals surface area (Å²) in [6.07, 6.45) is 2.48. The minimum atomic E-state index is -0.416. The van der Waals surface area contributed by atoms with Crippen LogP contribution in [0, 0.1) is 5.82 Å². The Labute approximate surface area is 121 Å². The van der Waals surface area contributed by atoms with E-state index in [1.54, 1.807) is 36.0 Å². The van der Waals surface area contributed by atoms with Gasteiger partial charge in [0.2, 0.25) is 0 Å². The number of rotatable bonds is 4. The molecule has 0 fully saturated rings. The van der Waals surface area contributed by atoms with Crippen molar-refractivity contribution in [3.8, 4) is 5.75 Å². The standard InChI is InChI=1S/C15H16FN3O2/c1-2-21-14-11(16)4-3-5-12(14)18-19-9-7-10-13(19)6-8-17-15(10)20/h3-5,7,9,18H,2,6,8H2,1H3,(H,17,20). The van der Waals surface area contributed by atoms with Gasteiger partial charge in [0, 0.05) is 19.2 Å². The molecule has 0 atom stereocenters. The van der Waals surface area contributed by atoms with Crippen LogP contribution in [-0.2, 0) is 6.42 Å². The molecule has 0 spiro atoms. The van der Waals surface area contributed by atoms with Crippen molar-refractivity contribution in [3.05, 3.63) is 47.5 Å². The molecule has 1 aromatic heterocycles. The number of nitrogens with one attached hydrogen (secondary N) is 2. The number of hydrogen-bond acceptors (Lipinski definition) is 3. The number of carbonyl (C=O) groups excluding carboxylic acids is 1. The minimum Gasteiger partial charge on any atom is -0.489 e. The number of anilines is 1. The number of fused-ring (bicyclic) bond motifs is 1. The lowest BCUT2D eigenvalue weighted by atomic mass is 10.1. The van der Waals surface area contributed by atoms with Crippen LogP contribution < -0.4 is 15.5 Å². The number of ether oxygens (including phenoxy) is 1. The molecule has 2 heterocycles. The average Bonchev–Trinajstić information content (AvgIpc) is 2.87. The Morgan fingerprint density at radius 3 is 3.10 bits per heavy atom. The predicted octanol–water partition coefficient (Wildman–Crippen LogP) is 2.19. The fourth-order valence-corrected chi connectivity index (χ4v) is 2.44. The van der Waals surface area contributed by atoms with E-state index in [0.29, 0.717) is 24.4 Å². The summed E-state index contributed by atoms with van der Waals surface area (Å²) in [5.74, 6) is -0.315. The predicted molar refractivity (Wildman–Crippen MR) is 77.1 cm³/mol. The van der Waals surface area contributed by atoms with Crippen LogP contribution >= 0.6 is 0 Å². The molecule has 1 amide bonds. The van der Waals surface area contributed by atoms with Gasteiger partial charge in [-0.25, -0.2) is 4.39 Å². The second-order valence-corrected chi connectivity index (χ2v) is 4.71. The van der Waals surface area contributed by atoms with Crippen LogP contribution in [0.5, 0.6) is 5.75 Å². The van der Waals surface area contributed by atoms with E-state index >= 15 is 0 Å². The normalized spacial score (nSPS) is 13.5. The van der Waals surface area contributed by atoms with Gasteiger partial charge in [-0.2, -0.15) is 0 Å². The molecule has 2 N–H and O–H groups in total. The van der Waals surface area contributed by atoms with Gasteiger partial charge in [0.15, 0.2) is 11.6 Å². The number of halogens is 1. The van der Waals surface area contributed by atoms with Crippen molar-refractivity contribution in [2.75, 3.05) is 18.6 Å². The van der Waals surface area contributed by atoms with Gasteiger partial charge < -0.3 is 10.1 Å². The van der Waals surface area contributed by atoms with Crippen LogP contribution in [0.15, 0.2) is 30.5 Å². The van der Waals surface area contributed by atoms with E-state index in [1.165, 1.54) is 6.07 Å². The molecular weight excluding hydrogens is 273 g/mol. The van der Waals surface area contributed by atoms with Crippen molar-refractivity contribution in [2.45, 2.75) is 13.3 Å². The molecule has 6 heteroatoms. The summed E-state index contributed by atoms with van der Waals surface area (Å²) in [5.41, 5.74) is 5.15. The van der Waals surface area contributed by atoms with E-state index < -0.39 is 5.82 Å². The van der Waals surface area contributed by atoms with E-state index in [2.05, 4.69) is 10.7 Å². The molecule has 1 aromatic carbocycles. The fraction of sp³-hybridized carbons (Fsp3) is 0.267. The summed E-state index contributed by atoms with van der Waals surface area (Å²) in [5, 5.41) is 2.79. The zero-order valence-electron chi connectivity index (χ0n) is 11.6. The van der Waals surface area contributed by atoms with E-state index in [-0.39, 0.29) is 11.7 Å². The number of amides is 1. The van der Waals surface area contributed by atoms with Crippen molar-refractivity contribution in [3.63, 3.8) is 0 Å². The molecule has 0 unspecified atom stereocenters. The minimum absolute atomic E-state index is 0.0823. The Kier molecular flexibility index (Phi) is 3.51. The lowest BCUT2D eigenvalue weighted by Crippen LogP contribution is -2.32. The molecule has 0 radical (unpaired) electrons. The Morgan fingerprint density at radius 1 is 1.43 bits per heavy atom. The van der Waals surface area contributed by atoms with Crippen LogP contribution in [0.25, 0.3) is 0 Å². The molecular formula is C15H16FN3O2. The van der Waals surface area contributed by atoms with Gasteiger partial charge >= 0.3 is 0 Å². The summed E-state index contributed by atoms with van der Waals surface area (Å²) in [6, 6.07) is 6.46. The molecule has 1 aliphatic rings. The van der Waals surface area contributed by atoms with E-state index in [4.69, 9.17) is 4.74 Å². The third kappa shape index (κ3) is 2.44. The maximum absolute atomic E-state index is 13.8. The molecule has 2 aromatic rings. The van der Waals surface area contributed by atoms with Gasteiger partial charge in [0.1, 0.15) is 0 Å². The Bertz CT molecular complexity index is 682. The lowest BCUT2D eigenvalue weighted by molar-refractivity contribution is 0.0945. The number of benzene rings is 1. The Hall–Kier alpha value is -2.50. The highest BCUT2D eigenvalue weighted by Gasteiger charge is 2.21. The zero-order chi connectivity index (χ0) is 14.8. The molecule has 1 aliphatic heterocycles. The van der Waals surface area contributed by atoms with Crippen LogP contribution in [0.1, 0.15) is 23.0 Å². The highest BCUT2D eigenvalue weighted by atomic mass is 19.1. The molecule has 0 bridgehead atoms.